The lowest BCUT2D eigenvalue weighted by atomic mass is 10.2. The molecule has 0 bridgehead atoms. The van der Waals surface area contributed by atoms with Gasteiger partial charge in [0.2, 0.25) is 0 Å². The first-order chi connectivity index (χ1) is 16.0. The van der Waals surface area contributed by atoms with Crippen molar-refractivity contribution in [3.8, 4) is 5.69 Å². The molecule has 1 fully saturated rings. The van der Waals surface area contributed by atoms with Crippen LogP contribution < -0.4 is 10.9 Å². The van der Waals surface area contributed by atoms with Gasteiger partial charge in [0.05, 0.1) is 48.2 Å². The van der Waals surface area contributed by atoms with Crippen LogP contribution in [0.5, 0.6) is 0 Å². The molecule has 0 unspecified atom stereocenters. The Morgan fingerprint density at radius 2 is 1.88 bits per heavy atom. The molecule has 0 radical (unpaired) electrons. The number of nitrogens with zero attached hydrogens (tertiary/aromatic N) is 4. The molecule has 1 aromatic carbocycles. The number of fused-ring (bicyclic) bond motifs is 1. The van der Waals surface area contributed by atoms with Gasteiger partial charge >= 0.3 is 0 Å². The largest absolute Gasteiger partial charge is 0.394 e. The van der Waals surface area contributed by atoms with Gasteiger partial charge in [-0.3, -0.25) is 14.0 Å². The molecule has 5 rings (SSSR count). The maximum absolute atomic E-state index is 14.6. The highest BCUT2D eigenvalue weighted by molar-refractivity contribution is 5.78. The van der Waals surface area contributed by atoms with Crippen molar-refractivity contribution in [2.75, 3.05) is 11.9 Å². The van der Waals surface area contributed by atoms with Crippen LogP contribution in [0, 0.1) is 23.4 Å². The van der Waals surface area contributed by atoms with E-state index in [1.165, 1.54) is 35.3 Å². The Balaban J connectivity index is 1.51. The number of aromatic nitrogens is 4. The number of anilines is 1. The highest BCUT2D eigenvalue weighted by atomic mass is 19.1. The Labute approximate surface area is 186 Å². The van der Waals surface area contributed by atoms with Gasteiger partial charge in [0.15, 0.2) is 5.82 Å². The third kappa shape index (κ3) is 3.97. The number of benzene rings is 1. The number of rotatable bonds is 7. The second-order valence-electron chi connectivity index (χ2n) is 8.08. The molecule has 0 amide bonds. The fraction of sp³-hybridized carbons (Fsp3) is 0.261. The first kappa shape index (κ1) is 21.2. The van der Waals surface area contributed by atoms with Gasteiger partial charge in [-0.05, 0) is 37.0 Å². The van der Waals surface area contributed by atoms with Gasteiger partial charge in [0.25, 0.3) is 5.56 Å². The number of hydrogen-bond donors (Lipinski definition) is 2. The van der Waals surface area contributed by atoms with E-state index >= 15 is 0 Å². The van der Waals surface area contributed by atoms with Crippen molar-refractivity contribution in [2.24, 2.45) is 5.92 Å². The van der Waals surface area contributed by atoms with Gasteiger partial charge in [0.1, 0.15) is 17.5 Å². The smallest absolute Gasteiger partial charge is 0.266 e. The predicted octanol–water partition coefficient (Wildman–Crippen LogP) is 3.23. The maximum Gasteiger partial charge on any atom is 0.266 e. The highest BCUT2D eigenvalue weighted by Crippen LogP contribution is 2.34. The predicted molar refractivity (Wildman–Crippen MR) is 116 cm³/mol. The van der Waals surface area contributed by atoms with Gasteiger partial charge in [-0.25, -0.2) is 18.2 Å². The van der Waals surface area contributed by atoms with Gasteiger partial charge in [-0.15, -0.1) is 0 Å². The molecule has 1 saturated carbocycles. The van der Waals surface area contributed by atoms with Crippen molar-refractivity contribution < 1.29 is 18.3 Å². The van der Waals surface area contributed by atoms with Gasteiger partial charge < -0.3 is 10.4 Å². The third-order valence-electron chi connectivity index (χ3n) is 5.90. The molecule has 3 aromatic heterocycles. The van der Waals surface area contributed by atoms with Crippen molar-refractivity contribution in [1.82, 2.24) is 19.3 Å². The number of pyridine rings is 2. The minimum Gasteiger partial charge on any atom is -0.394 e. The normalized spacial score (nSPS) is 14.5. The van der Waals surface area contributed by atoms with Crippen LogP contribution in [0.3, 0.4) is 0 Å². The Morgan fingerprint density at radius 1 is 1.12 bits per heavy atom. The van der Waals surface area contributed by atoms with Crippen LogP contribution in [-0.4, -0.2) is 37.1 Å². The van der Waals surface area contributed by atoms with Crippen molar-refractivity contribution in [2.45, 2.75) is 25.4 Å². The van der Waals surface area contributed by atoms with Crippen LogP contribution in [0.2, 0.25) is 0 Å². The minimum atomic E-state index is -0.710. The topological polar surface area (TPSA) is 85.0 Å². The summed E-state index contributed by atoms with van der Waals surface area (Å²) in [5.41, 5.74) is -0.359. The Morgan fingerprint density at radius 3 is 2.58 bits per heavy atom. The van der Waals surface area contributed by atoms with E-state index in [1.807, 2.05) is 0 Å². The molecule has 170 valence electrons. The molecular formula is C23H20F3N5O2. The molecule has 7 nitrogen and oxygen atoms in total. The molecule has 33 heavy (non-hydrogen) atoms. The Kier molecular flexibility index (Phi) is 5.37. The molecular weight excluding hydrogens is 435 g/mol. The average Bonchev–Trinajstić information content (AvgIpc) is 3.56. The summed E-state index contributed by atoms with van der Waals surface area (Å²) >= 11 is 0. The Hall–Kier alpha value is -3.66. The summed E-state index contributed by atoms with van der Waals surface area (Å²) in [4.78, 5) is 17.1. The molecule has 1 aliphatic rings. The van der Waals surface area contributed by atoms with Gasteiger partial charge in [-0.2, -0.15) is 5.10 Å². The van der Waals surface area contributed by atoms with E-state index in [2.05, 4.69) is 15.4 Å². The summed E-state index contributed by atoms with van der Waals surface area (Å²) in [6.07, 6.45) is 5.69. The van der Waals surface area contributed by atoms with Crippen LogP contribution >= 0.6 is 0 Å². The monoisotopic (exact) mass is 455 g/mol. The average molecular weight is 455 g/mol. The van der Waals surface area contributed by atoms with E-state index in [0.717, 1.165) is 35.7 Å². The lowest BCUT2D eigenvalue weighted by Crippen LogP contribution is -2.27. The number of hydrogen-bond acceptors (Lipinski definition) is 5. The SMILES string of the molecule is O=c1c2cnn(Cc3c(F)cccc3F)c2ccn1-c1cc(N[C@H](CO)C2CC2)ncc1F. The summed E-state index contributed by atoms with van der Waals surface area (Å²) < 4.78 is 45.1. The number of aliphatic hydroxyl groups is 1. The summed E-state index contributed by atoms with van der Waals surface area (Å²) in [5.74, 6) is -1.43. The molecule has 2 N–H and O–H groups in total. The van der Waals surface area contributed by atoms with Crippen LogP contribution in [0.25, 0.3) is 16.6 Å². The van der Waals surface area contributed by atoms with E-state index in [9.17, 15) is 23.1 Å². The van der Waals surface area contributed by atoms with Gasteiger partial charge in [-0.1, -0.05) is 6.07 Å². The van der Waals surface area contributed by atoms with Crippen molar-refractivity contribution in [1.29, 1.82) is 0 Å². The zero-order valence-electron chi connectivity index (χ0n) is 17.4. The van der Waals surface area contributed by atoms with E-state index in [-0.39, 0.29) is 35.8 Å². The van der Waals surface area contributed by atoms with Crippen LogP contribution in [0.1, 0.15) is 18.4 Å². The molecule has 0 aliphatic heterocycles. The summed E-state index contributed by atoms with van der Waals surface area (Å²) in [6, 6.07) is 6.34. The molecule has 1 aliphatic carbocycles. The molecule has 0 spiro atoms. The zero-order chi connectivity index (χ0) is 23.1. The first-order valence-electron chi connectivity index (χ1n) is 10.5. The molecule has 3 heterocycles. The van der Waals surface area contributed by atoms with Gasteiger partial charge in [0, 0.05) is 17.8 Å². The number of aliphatic hydroxyl groups excluding tert-OH is 1. The lowest BCUT2D eigenvalue weighted by Gasteiger charge is -2.17. The lowest BCUT2D eigenvalue weighted by molar-refractivity contribution is 0.263. The highest BCUT2D eigenvalue weighted by Gasteiger charge is 2.31. The Bertz CT molecular complexity index is 1380. The minimum absolute atomic E-state index is 0.0141. The zero-order valence-corrected chi connectivity index (χ0v) is 17.4. The van der Waals surface area contributed by atoms with E-state index in [1.54, 1.807) is 0 Å². The van der Waals surface area contributed by atoms with Crippen molar-refractivity contribution in [3.05, 3.63) is 82.3 Å². The molecule has 4 aromatic rings. The molecule has 1 atom stereocenters. The summed E-state index contributed by atoms with van der Waals surface area (Å²) in [7, 11) is 0. The quantitative estimate of drug-likeness (QED) is 0.447. The first-order valence-corrected chi connectivity index (χ1v) is 10.5. The standard InChI is InChI=1S/C23H20F3N5O2/c24-16-2-1-3-17(25)15(16)11-31-20-6-7-30(23(33)14(20)9-28-31)21-8-22(27-10-18(21)26)29-19(12-32)13-4-5-13/h1-3,6-10,13,19,32H,4-5,11-12H2,(H,27,29)/t19-/m1/s1. The van der Waals surface area contributed by atoms with Crippen molar-refractivity contribution >= 4 is 16.7 Å². The summed E-state index contributed by atoms with van der Waals surface area (Å²) in [6.45, 7) is -0.278. The third-order valence-corrected chi connectivity index (χ3v) is 5.90. The fourth-order valence-electron chi connectivity index (χ4n) is 3.92. The molecule has 0 saturated heterocycles. The fourth-order valence-corrected chi connectivity index (χ4v) is 3.92. The van der Waals surface area contributed by atoms with Crippen LogP contribution in [0.15, 0.2) is 53.7 Å². The number of nitrogens with one attached hydrogen (secondary N) is 1. The van der Waals surface area contributed by atoms with Crippen molar-refractivity contribution in [3.63, 3.8) is 0 Å². The maximum atomic E-state index is 14.6. The van der Waals surface area contributed by atoms with E-state index < -0.39 is 23.0 Å². The molecule has 10 heteroatoms. The number of halogens is 3. The summed E-state index contributed by atoms with van der Waals surface area (Å²) in [5, 5.41) is 16.9. The second kappa shape index (κ2) is 8.36. The van der Waals surface area contributed by atoms with Crippen LogP contribution in [-0.2, 0) is 6.54 Å². The second-order valence-corrected chi connectivity index (χ2v) is 8.08. The van der Waals surface area contributed by atoms with E-state index in [0.29, 0.717) is 17.3 Å². The van der Waals surface area contributed by atoms with Crippen LogP contribution in [0.4, 0.5) is 19.0 Å². The van der Waals surface area contributed by atoms with E-state index in [4.69, 9.17) is 0 Å².